The number of nitrogen functional groups attached to an aromatic ring is 1. The number of anilines is 1. The van der Waals surface area contributed by atoms with Gasteiger partial charge in [0.2, 0.25) is 0 Å². The molecule has 0 spiro atoms. The van der Waals surface area contributed by atoms with Gasteiger partial charge in [-0.1, -0.05) is 79.9 Å². The molecule has 0 saturated carbocycles. The standard InChI is InChI=1S/C18H10F5NO3.C12H9F2NO3.C11H7F2NO3.C10H6BrF2NO.C10H5F2NO3.C7H4F3I.C7H7F2NO.C6H6O2.C3H3Br3O.C3H9N/c1-26-17(25)9-6-12-15(20)13(19)7-14(16(12)24-8-9)27-11-4-2-10(3-5-11)18(21,22)23;1-17-9-4-8(13)10(14)7-3-6(12(16)18-2)5-15-11(7)9;1-17-11(16)5-2-6-9(13)7(12)3-8(15)10(6)14-4-5;1-15-8-3-7(12)9(13)6-2-5(11)4-14-10(6)8;11-6-2-7(14)9-5(8(6)12)1-4(3-13-9)10(15)16;8-7(9,10)5-1-3-6(11)4-2-5;1-11-7-3-5(9)4(8)2-6(7)10;7-6(8)5-3-1-2-4-5;4-1-3(5,6)2-7;1-3(2)4/h2-8H,1H3;3-5H,1-2H3;2-4,15H,1H3;2-4H,1H3;1-3,14H,(H,15,16);1-4H;2-3H,10H2,1H3;1-3H,4H2,(H,7,8);2H,1H2;3H,4H2,1-2H3. The van der Waals surface area contributed by atoms with E-state index >= 15 is 0 Å². The lowest BCUT2D eigenvalue weighted by Crippen LogP contribution is -2.13. The van der Waals surface area contributed by atoms with E-state index in [2.05, 4.69) is 108 Å². The van der Waals surface area contributed by atoms with Gasteiger partial charge in [0.25, 0.3) is 0 Å². The zero-order valence-electron chi connectivity index (χ0n) is 69.4. The Morgan fingerprint density at radius 2 is 0.784 bits per heavy atom. The number of allylic oxidation sites excluding steroid dienone is 3. The van der Waals surface area contributed by atoms with Crippen LogP contribution in [0.4, 0.5) is 84.7 Å². The van der Waals surface area contributed by atoms with Gasteiger partial charge in [-0.05, 0) is 130 Å². The summed E-state index contributed by atoms with van der Waals surface area (Å²) >= 11 is 14.4. The molecule has 24 nitrogen and oxygen atoms in total. The van der Waals surface area contributed by atoms with Gasteiger partial charge in [0, 0.05) is 119 Å². The number of alkyl halides is 9. The third-order valence-corrected chi connectivity index (χ3v) is 20.8. The largest absolute Gasteiger partial charge is 0.506 e. The smallest absolute Gasteiger partial charge is 0.416 e. The third-order valence-electron chi connectivity index (χ3n) is 16.3. The van der Waals surface area contributed by atoms with Crippen molar-refractivity contribution in [3.63, 3.8) is 0 Å². The fourth-order valence-corrected chi connectivity index (χ4v) is 10.9. The first kappa shape index (κ1) is 112. The predicted octanol–water partition coefficient (Wildman–Crippen LogP) is 22.9. The van der Waals surface area contributed by atoms with Gasteiger partial charge in [-0.15, -0.1) is 0 Å². The van der Waals surface area contributed by atoms with Crippen molar-refractivity contribution in [2.75, 3.05) is 53.7 Å². The second kappa shape index (κ2) is 50.9. The fourth-order valence-electron chi connectivity index (χ4n) is 10.0. The lowest BCUT2D eigenvalue weighted by atomic mass is 10.1. The van der Waals surface area contributed by atoms with Crippen LogP contribution in [0.3, 0.4) is 0 Å². The number of hydrogen-bond acceptors (Lipinski definition) is 22. The van der Waals surface area contributed by atoms with Crippen LogP contribution in [0, 0.1) is 73.4 Å². The number of aromatic hydroxyl groups is 2. The predicted molar refractivity (Wildman–Crippen MR) is 476 cm³/mol. The molecule has 0 unspecified atom stereocenters. The lowest BCUT2D eigenvalue weighted by Gasteiger charge is -2.12. The Hall–Kier alpha value is -12.7. The van der Waals surface area contributed by atoms with E-state index in [9.17, 15) is 118 Å². The van der Waals surface area contributed by atoms with Gasteiger partial charge in [0.1, 0.15) is 71.6 Å². The quantitative estimate of drug-likeness (QED) is 0.0126. The van der Waals surface area contributed by atoms with E-state index < -0.39 is 138 Å². The zero-order valence-corrected chi connectivity index (χ0v) is 77.9. The number of aliphatic carboxylic acids is 1. The topological polar surface area (TPSA) is 364 Å². The van der Waals surface area contributed by atoms with Crippen molar-refractivity contribution in [2.24, 2.45) is 5.73 Å². The number of pyridine rings is 5. The second-order valence-electron chi connectivity index (χ2n) is 26.1. The number of ether oxygens (including phenoxy) is 7. The summed E-state index contributed by atoms with van der Waals surface area (Å²) in [5.74, 6) is -18.5. The molecule has 5 heterocycles. The maximum atomic E-state index is 14.1. The number of halogens is 23. The summed E-state index contributed by atoms with van der Waals surface area (Å²) in [6, 6.07) is 20.3. The molecule has 0 amide bonds. The number of aromatic carboxylic acids is 1. The molecule has 712 valence electrons. The molecule has 0 radical (unpaired) electrons. The number of esters is 3. The number of carboxylic acid groups (broad SMARTS) is 2. The highest BCUT2D eigenvalue weighted by Gasteiger charge is 2.32. The molecule has 0 saturated heterocycles. The molecule has 8 aromatic carbocycles. The molecular formula is C87H66Br4F18IN7O17. The summed E-state index contributed by atoms with van der Waals surface area (Å²) < 4.78 is 267. The van der Waals surface area contributed by atoms with Gasteiger partial charge in [0.05, 0.1) is 81.7 Å². The molecule has 47 heteroatoms. The number of phenolic OH excluding ortho intramolecular Hbond substituents is 2. The Balaban J connectivity index is 0.000000271. The van der Waals surface area contributed by atoms with Crippen molar-refractivity contribution >= 4 is 183 Å². The van der Waals surface area contributed by atoms with Gasteiger partial charge >= 0.3 is 42.2 Å². The van der Waals surface area contributed by atoms with Gasteiger partial charge in [0.15, 0.2) is 75.6 Å². The summed E-state index contributed by atoms with van der Waals surface area (Å²) in [6.07, 6.45) is 3.70. The molecule has 1 aliphatic rings. The van der Waals surface area contributed by atoms with Crippen LogP contribution in [0.1, 0.15) is 72.8 Å². The maximum Gasteiger partial charge on any atom is 0.416 e. The van der Waals surface area contributed by atoms with Crippen LogP contribution in [-0.2, 0) is 36.2 Å². The Morgan fingerprint density at radius 3 is 1.11 bits per heavy atom. The van der Waals surface area contributed by atoms with E-state index in [1.54, 1.807) is 12.2 Å². The number of methoxy groups -OCH3 is 6. The molecule has 5 aromatic heterocycles. The molecular weight excluding hydrogens is 2200 g/mol. The number of benzene rings is 8. The van der Waals surface area contributed by atoms with Crippen LogP contribution >= 0.6 is 86.3 Å². The Bertz CT molecular complexity index is 6500. The fraction of sp³-hybridized carbons (Fsp3) is 0.161. The number of nitrogens with two attached hydrogens (primary N) is 2. The van der Waals surface area contributed by atoms with Crippen molar-refractivity contribution in [3.8, 4) is 40.2 Å². The second-order valence-corrected chi connectivity index (χ2v) is 32.8. The zero-order chi connectivity index (χ0) is 101. The van der Waals surface area contributed by atoms with Crippen LogP contribution in [0.15, 0.2) is 181 Å². The molecule has 8 N–H and O–H groups in total. The van der Waals surface area contributed by atoms with Crippen molar-refractivity contribution in [3.05, 3.63) is 287 Å². The number of rotatable bonds is 12. The number of aldehydes is 1. The normalized spacial score (nSPS) is 11.1. The number of aromatic nitrogens is 5. The number of nitrogens with zero attached hydrogens (tertiary/aromatic N) is 5. The van der Waals surface area contributed by atoms with Crippen LogP contribution < -0.4 is 30.4 Å². The van der Waals surface area contributed by atoms with Gasteiger partial charge in [-0.3, -0.25) is 24.9 Å². The van der Waals surface area contributed by atoms with Gasteiger partial charge in [-0.2, -0.15) is 26.3 Å². The van der Waals surface area contributed by atoms with Gasteiger partial charge < -0.3 is 69.8 Å². The minimum Gasteiger partial charge on any atom is -0.506 e. The highest BCUT2D eigenvalue weighted by atomic mass is 127. The van der Waals surface area contributed by atoms with E-state index in [1.165, 1.54) is 65.1 Å². The first-order chi connectivity index (χ1) is 62.8. The monoisotopic (exact) mass is 2270 g/mol. The number of carbonyl (C=O) groups excluding carboxylic acids is 4. The molecule has 0 atom stereocenters. The first-order valence-electron chi connectivity index (χ1n) is 36.5. The molecule has 14 rings (SSSR count). The number of phenols is 2. The van der Waals surface area contributed by atoms with Gasteiger partial charge in [-0.25, -0.2) is 76.7 Å². The maximum absolute atomic E-state index is 14.1. The Kier molecular flexibility index (Phi) is 42.5. The molecule has 13 aromatic rings. The molecule has 0 aliphatic heterocycles. The average molecular weight is 2270 g/mol. The van der Waals surface area contributed by atoms with Crippen molar-refractivity contribution in [1.29, 1.82) is 0 Å². The average Bonchev–Trinajstić information content (AvgIpc) is 0.992. The Morgan fingerprint density at radius 1 is 0.463 bits per heavy atom. The Labute approximate surface area is 792 Å². The van der Waals surface area contributed by atoms with Crippen LogP contribution in [0.5, 0.6) is 40.2 Å². The van der Waals surface area contributed by atoms with Crippen LogP contribution in [0.25, 0.3) is 54.5 Å². The molecule has 134 heavy (non-hydrogen) atoms. The summed E-state index contributed by atoms with van der Waals surface area (Å²) in [4.78, 5) is 83.7. The summed E-state index contributed by atoms with van der Waals surface area (Å²) in [6.45, 7) is 3.89. The minimum absolute atomic E-state index is 0.0242. The van der Waals surface area contributed by atoms with Crippen molar-refractivity contribution in [2.45, 2.75) is 41.9 Å². The van der Waals surface area contributed by atoms with E-state index in [0.29, 0.717) is 45.5 Å². The highest BCUT2D eigenvalue weighted by Crippen LogP contribution is 2.39. The SMILES string of the molecule is CC(C)N.COC(=O)c1cnc2c(O)cc(F)c(F)c2c1.COC(=O)c1cnc2c(OC)cc(F)c(F)c2c1.COC(=O)c1cnc2c(Oc3ccc(C(F)(F)F)cc3)cc(F)c(F)c2c1.COc1cc(F)c(F)c2cc(Br)cnc12.COc1cc(F)c(F)cc1N.FC(F)(F)c1ccc(I)cc1.O=C(O)C1=CC=CC1.O=C(O)c1cnc2c(O)cc(F)c(F)c2c1.O=CC(Br)(Br)CBr. The van der Waals surface area contributed by atoms with E-state index in [4.69, 9.17) is 35.9 Å². The number of carboxylic acids is 2. The molecule has 0 fully saturated rings. The number of hydrogen-bond donors (Lipinski definition) is 6. The summed E-state index contributed by atoms with van der Waals surface area (Å²) in [5.41, 5.74) is 9.14. The van der Waals surface area contributed by atoms with Crippen molar-refractivity contribution in [1.82, 2.24) is 24.9 Å². The van der Waals surface area contributed by atoms with Crippen LogP contribution in [0.2, 0.25) is 0 Å². The van der Waals surface area contributed by atoms with E-state index in [0.717, 1.165) is 128 Å². The third kappa shape index (κ3) is 31.7. The van der Waals surface area contributed by atoms with E-state index in [-0.39, 0.29) is 106 Å². The summed E-state index contributed by atoms with van der Waals surface area (Å²) in [5, 5.41) is 35.2. The summed E-state index contributed by atoms with van der Waals surface area (Å²) in [7, 11) is 7.51. The van der Waals surface area contributed by atoms with E-state index in [1.807, 2.05) is 42.5 Å². The number of fused-ring (bicyclic) bond motifs is 5. The lowest BCUT2D eigenvalue weighted by molar-refractivity contribution is -0.138. The first-order valence-corrected chi connectivity index (χ1v) is 41.0. The molecule has 0 bridgehead atoms. The van der Waals surface area contributed by atoms with Crippen molar-refractivity contribution < 1.29 is 161 Å². The molecule has 1 aliphatic carbocycles. The van der Waals surface area contributed by atoms with Crippen LogP contribution in [-0.4, -0.2) is 139 Å². The minimum atomic E-state index is -4.51. The number of carbonyl (C=O) groups is 6. The highest BCUT2D eigenvalue weighted by molar-refractivity contribution is 14.1.